The number of Topliss-reactive ketones (excluding diaryl/α,β-unsaturated/α-hetero) is 1. The van der Waals surface area contributed by atoms with Crippen LogP contribution in [0.4, 0.5) is 0 Å². The summed E-state index contributed by atoms with van der Waals surface area (Å²) in [6.45, 7) is 9.87. The Morgan fingerprint density at radius 2 is 1.37 bits per heavy atom. The Hall–Kier alpha value is -1.28. The van der Waals surface area contributed by atoms with E-state index in [1.807, 2.05) is 6.08 Å². The number of ether oxygens (including phenoxy) is 1. The summed E-state index contributed by atoms with van der Waals surface area (Å²) in [5, 5.41) is 37.1. The zero-order valence-corrected chi connectivity index (χ0v) is 22.7. The van der Waals surface area contributed by atoms with Crippen LogP contribution in [-0.2, 0) is 14.3 Å². The van der Waals surface area contributed by atoms with Gasteiger partial charge in [-0.2, -0.15) is 0 Å². The minimum Gasteiger partial charge on any atom is -0.458 e. The zero-order chi connectivity index (χ0) is 26.8. The molecule has 5 atom stereocenters. The number of ketones is 1. The van der Waals surface area contributed by atoms with Crippen LogP contribution in [0.25, 0.3) is 0 Å². The topological polar surface area (TPSA) is 124 Å². The molecule has 0 saturated heterocycles. The third kappa shape index (κ3) is 17.7. The molecule has 35 heavy (non-hydrogen) atoms. The van der Waals surface area contributed by atoms with E-state index in [0.717, 1.165) is 30.6 Å². The van der Waals surface area contributed by atoms with E-state index in [-0.39, 0.29) is 6.42 Å². The number of allylic oxidation sites excluding steroid dienone is 2. The standard InChI is InChI=1S/C28H52O7/c1-20(2)10-6-11-21(3)12-7-13-22(4)14-8-15-23(5)16-9-17-26(32)35-19-25(31)28(34)27(33)24(30)18-29/h16,20-22,24,27-30,33-34H,6-15,17-19H2,1-5H3/b23-16+/t21?,22?,24-,27+,28+/m1/s1. The van der Waals surface area contributed by atoms with Gasteiger partial charge in [0.2, 0.25) is 5.78 Å². The maximum atomic E-state index is 11.8. The highest BCUT2D eigenvalue weighted by Gasteiger charge is 2.30. The number of carbonyl (C=O) groups is 2. The first-order chi connectivity index (χ1) is 16.5. The molecule has 0 amide bonds. The number of hydrogen-bond donors (Lipinski definition) is 4. The Morgan fingerprint density at radius 1 is 0.829 bits per heavy atom. The fourth-order valence-corrected chi connectivity index (χ4v) is 4.06. The molecule has 0 aromatic rings. The zero-order valence-electron chi connectivity index (χ0n) is 22.7. The van der Waals surface area contributed by atoms with Gasteiger partial charge in [0, 0.05) is 6.42 Å². The molecule has 0 aromatic heterocycles. The second-order valence-corrected chi connectivity index (χ2v) is 10.8. The Bertz CT molecular complexity index is 602. The third-order valence-corrected chi connectivity index (χ3v) is 6.59. The lowest BCUT2D eigenvalue weighted by molar-refractivity contribution is -0.155. The van der Waals surface area contributed by atoms with Gasteiger partial charge < -0.3 is 25.2 Å². The molecule has 0 fully saturated rings. The number of carbonyl (C=O) groups excluding carboxylic acids is 2. The predicted molar refractivity (Wildman–Crippen MR) is 139 cm³/mol. The lowest BCUT2D eigenvalue weighted by Gasteiger charge is -2.20. The first-order valence-corrected chi connectivity index (χ1v) is 13.5. The van der Waals surface area contributed by atoms with E-state index < -0.39 is 43.3 Å². The van der Waals surface area contributed by atoms with Crippen molar-refractivity contribution in [3.63, 3.8) is 0 Å². The van der Waals surface area contributed by atoms with Crippen LogP contribution >= 0.6 is 0 Å². The van der Waals surface area contributed by atoms with Gasteiger partial charge >= 0.3 is 5.97 Å². The average Bonchev–Trinajstić information content (AvgIpc) is 2.80. The lowest BCUT2D eigenvalue weighted by Crippen LogP contribution is -2.45. The van der Waals surface area contributed by atoms with E-state index in [2.05, 4.69) is 34.6 Å². The first-order valence-electron chi connectivity index (χ1n) is 13.5. The van der Waals surface area contributed by atoms with Crippen LogP contribution in [0.2, 0.25) is 0 Å². The molecule has 7 heteroatoms. The molecule has 0 spiro atoms. The minimum atomic E-state index is -1.92. The molecule has 0 aliphatic carbocycles. The first kappa shape index (κ1) is 33.7. The van der Waals surface area contributed by atoms with Crippen LogP contribution in [0, 0.1) is 17.8 Å². The number of rotatable bonds is 21. The predicted octanol–water partition coefficient (Wildman–Crippen LogP) is 4.34. The van der Waals surface area contributed by atoms with Crippen LogP contribution < -0.4 is 0 Å². The Morgan fingerprint density at radius 3 is 1.91 bits per heavy atom. The Balaban J connectivity index is 3.95. The van der Waals surface area contributed by atoms with Gasteiger partial charge in [-0.25, -0.2) is 0 Å². The number of esters is 1. The molecular formula is C28H52O7. The average molecular weight is 501 g/mol. The molecule has 0 radical (unpaired) electrons. The molecule has 2 unspecified atom stereocenters. The summed E-state index contributed by atoms with van der Waals surface area (Å²) in [5.74, 6) is 0.857. The molecule has 0 heterocycles. The van der Waals surface area contributed by atoms with Crippen molar-refractivity contribution >= 4 is 11.8 Å². The molecule has 7 nitrogen and oxygen atoms in total. The van der Waals surface area contributed by atoms with Gasteiger partial charge in [-0.15, -0.1) is 0 Å². The third-order valence-electron chi connectivity index (χ3n) is 6.59. The molecule has 0 aromatic carbocycles. The second kappa shape index (κ2) is 19.9. The maximum Gasteiger partial charge on any atom is 0.306 e. The number of aliphatic hydroxyl groups is 4. The van der Waals surface area contributed by atoms with Gasteiger partial charge in [0.15, 0.2) is 6.61 Å². The molecule has 0 aliphatic heterocycles. The molecule has 0 aliphatic rings. The van der Waals surface area contributed by atoms with E-state index in [4.69, 9.17) is 9.84 Å². The number of aliphatic hydroxyl groups excluding tert-OH is 4. The summed E-state index contributed by atoms with van der Waals surface area (Å²) in [6, 6.07) is 0. The molecule has 4 N–H and O–H groups in total. The van der Waals surface area contributed by atoms with E-state index in [1.165, 1.54) is 50.5 Å². The van der Waals surface area contributed by atoms with E-state index in [0.29, 0.717) is 6.42 Å². The molecule has 0 saturated carbocycles. The highest BCUT2D eigenvalue weighted by atomic mass is 16.5. The fraction of sp³-hybridized carbons (Fsp3) is 0.857. The van der Waals surface area contributed by atoms with Crippen molar-refractivity contribution < 1.29 is 34.8 Å². The van der Waals surface area contributed by atoms with Crippen LogP contribution in [0.5, 0.6) is 0 Å². The monoisotopic (exact) mass is 500 g/mol. The summed E-state index contributed by atoms with van der Waals surface area (Å²) in [7, 11) is 0. The fourth-order valence-electron chi connectivity index (χ4n) is 4.06. The molecule has 0 rings (SSSR count). The molecule has 0 bridgehead atoms. The summed E-state index contributed by atoms with van der Waals surface area (Å²) >= 11 is 0. The van der Waals surface area contributed by atoms with Gasteiger partial charge in [-0.05, 0) is 43.9 Å². The largest absolute Gasteiger partial charge is 0.458 e. The highest BCUT2D eigenvalue weighted by molar-refractivity contribution is 5.86. The smallest absolute Gasteiger partial charge is 0.306 e. The normalized spacial score (nSPS) is 16.6. The van der Waals surface area contributed by atoms with Crippen LogP contribution in [0.15, 0.2) is 11.6 Å². The highest BCUT2D eigenvalue weighted by Crippen LogP contribution is 2.22. The molecular weight excluding hydrogens is 448 g/mol. The van der Waals surface area contributed by atoms with Crippen LogP contribution in [-0.4, -0.2) is 63.7 Å². The van der Waals surface area contributed by atoms with Crippen molar-refractivity contribution in [2.45, 2.75) is 124 Å². The Labute approximate surface area is 213 Å². The van der Waals surface area contributed by atoms with Crippen molar-refractivity contribution in [2.24, 2.45) is 17.8 Å². The second-order valence-electron chi connectivity index (χ2n) is 10.8. The maximum absolute atomic E-state index is 11.8. The summed E-state index contributed by atoms with van der Waals surface area (Å²) in [5.41, 5.74) is 1.23. The van der Waals surface area contributed by atoms with Crippen molar-refractivity contribution in [1.82, 2.24) is 0 Å². The van der Waals surface area contributed by atoms with Gasteiger partial charge in [-0.3, -0.25) is 9.59 Å². The van der Waals surface area contributed by atoms with Crippen LogP contribution in [0.3, 0.4) is 0 Å². The Kier molecular flexibility index (Phi) is 19.1. The SMILES string of the molecule is C/C(=C\CCC(=O)OCC(=O)[C@H](O)[C@@H](O)[C@H](O)CO)CCCC(C)CCCC(C)CCCC(C)C. The lowest BCUT2D eigenvalue weighted by atomic mass is 9.91. The summed E-state index contributed by atoms with van der Waals surface area (Å²) in [6.07, 6.45) is 8.53. The summed E-state index contributed by atoms with van der Waals surface area (Å²) in [4.78, 5) is 23.5. The van der Waals surface area contributed by atoms with Gasteiger partial charge in [0.25, 0.3) is 0 Å². The van der Waals surface area contributed by atoms with Crippen LogP contribution in [0.1, 0.15) is 105 Å². The van der Waals surface area contributed by atoms with E-state index in [9.17, 15) is 24.9 Å². The van der Waals surface area contributed by atoms with Crippen molar-refractivity contribution in [3.05, 3.63) is 11.6 Å². The number of hydrogen-bond acceptors (Lipinski definition) is 7. The van der Waals surface area contributed by atoms with Gasteiger partial charge in [-0.1, -0.05) is 84.3 Å². The van der Waals surface area contributed by atoms with E-state index >= 15 is 0 Å². The van der Waals surface area contributed by atoms with E-state index in [1.54, 1.807) is 0 Å². The summed E-state index contributed by atoms with van der Waals surface area (Å²) < 4.78 is 4.84. The quantitative estimate of drug-likeness (QED) is 0.136. The van der Waals surface area contributed by atoms with Gasteiger partial charge in [0.05, 0.1) is 6.61 Å². The van der Waals surface area contributed by atoms with Gasteiger partial charge in [0.1, 0.15) is 18.3 Å². The van der Waals surface area contributed by atoms with Crippen molar-refractivity contribution in [2.75, 3.05) is 13.2 Å². The van der Waals surface area contributed by atoms with Crippen molar-refractivity contribution in [1.29, 1.82) is 0 Å². The molecule has 206 valence electrons. The van der Waals surface area contributed by atoms with Crippen molar-refractivity contribution in [3.8, 4) is 0 Å². The minimum absolute atomic E-state index is 0.119.